The van der Waals surface area contributed by atoms with E-state index in [-0.39, 0.29) is 0 Å². The van der Waals surface area contributed by atoms with Crippen molar-refractivity contribution < 1.29 is 14.2 Å². The van der Waals surface area contributed by atoms with E-state index in [2.05, 4.69) is 15.3 Å². The van der Waals surface area contributed by atoms with E-state index in [0.29, 0.717) is 5.92 Å². The number of rotatable bonds is 7. The lowest BCUT2D eigenvalue weighted by atomic mass is 10.0. The first-order valence-electron chi connectivity index (χ1n) is 8.14. The molecule has 6 heteroatoms. The average Bonchev–Trinajstić information content (AvgIpc) is 3.17. The van der Waals surface area contributed by atoms with Crippen molar-refractivity contribution >= 4 is 5.82 Å². The Kier molecular flexibility index (Phi) is 5.48. The van der Waals surface area contributed by atoms with Gasteiger partial charge in [0.2, 0.25) is 0 Å². The summed E-state index contributed by atoms with van der Waals surface area (Å²) in [5.74, 6) is 2.86. The molecule has 1 fully saturated rings. The molecule has 2 heterocycles. The minimum atomic E-state index is 0.384. The van der Waals surface area contributed by atoms with Crippen molar-refractivity contribution in [2.45, 2.75) is 18.8 Å². The van der Waals surface area contributed by atoms with E-state index in [1.807, 2.05) is 24.3 Å². The maximum Gasteiger partial charge on any atom is 0.129 e. The molecular weight excluding hydrogens is 306 g/mol. The van der Waals surface area contributed by atoms with Crippen LogP contribution in [0.2, 0.25) is 0 Å². The fraction of sp³-hybridized carbons (Fsp3) is 0.444. The van der Waals surface area contributed by atoms with Crippen molar-refractivity contribution in [2.75, 3.05) is 39.3 Å². The van der Waals surface area contributed by atoms with Crippen LogP contribution >= 0.6 is 0 Å². The van der Waals surface area contributed by atoms with E-state index in [4.69, 9.17) is 14.2 Å². The Labute approximate surface area is 142 Å². The molecule has 0 bridgehead atoms. The molecule has 0 amide bonds. The van der Waals surface area contributed by atoms with E-state index in [9.17, 15) is 0 Å². The number of ether oxygens (including phenoxy) is 3. The molecule has 0 spiro atoms. The summed E-state index contributed by atoms with van der Waals surface area (Å²) in [6, 6.07) is 7.89. The molecule has 2 aromatic rings. The highest BCUT2D eigenvalue weighted by Gasteiger charge is 2.19. The first kappa shape index (κ1) is 16.5. The highest BCUT2D eigenvalue weighted by molar-refractivity contribution is 5.42. The molecule has 24 heavy (non-hydrogen) atoms. The fourth-order valence-electron chi connectivity index (χ4n) is 2.84. The zero-order valence-electron chi connectivity index (χ0n) is 14.1. The highest BCUT2D eigenvalue weighted by atomic mass is 16.5. The first-order chi connectivity index (χ1) is 11.8. The third-order valence-electron chi connectivity index (χ3n) is 4.23. The van der Waals surface area contributed by atoms with E-state index < -0.39 is 0 Å². The smallest absolute Gasteiger partial charge is 0.129 e. The fourth-order valence-corrected chi connectivity index (χ4v) is 2.84. The van der Waals surface area contributed by atoms with E-state index >= 15 is 0 Å². The largest absolute Gasteiger partial charge is 0.497 e. The minimum Gasteiger partial charge on any atom is -0.497 e. The van der Waals surface area contributed by atoms with Crippen LogP contribution in [0.3, 0.4) is 0 Å². The van der Waals surface area contributed by atoms with E-state index in [1.165, 1.54) is 0 Å². The minimum absolute atomic E-state index is 0.384. The summed E-state index contributed by atoms with van der Waals surface area (Å²) in [4.78, 5) is 8.67. The predicted molar refractivity (Wildman–Crippen MR) is 91.9 cm³/mol. The molecule has 1 saturated heterocycles. The number of hydrogen-bond donors (Lipinski definition) is 1. The second kappa shape index (κ2) is 7.97. The van der Waals surface area contributed by atoms with Crippen molar-refractivity contribution in [3.8, 4) is 11.5 Å². The topological polar surface area (TPSA) is 65.5 Å². The van der Waals surface area contributed by atoms with Gasteiger partial charge in [-0.05, 0) is 24.5 Å². The molecule has 0 aliphatic carbocycles. The quantitative estimate of drug-likeness (QED) is 0.842. The third kappa shape index (κ3) is 3.94. The monoisotopic (exact) mass is 329 g/mol. The standard InChI is InChI=1S/C18H23N3O3/c1-22-15-4-3-13(17(9-15)23-2)5-7-19-18-10-16(20-12-21-18)14-6-8-24-11-14/h3-4,9-10,12,14H,5-8,11H2,1-2H3,(H,19,20,21)/t14-/m0/s1. The summed E-state index contributed by atoms with van der Waals surface area (Å²) in [6.45, 7) is 2.33. The van der Waals surface area contributed by atoms with Crippen LogP contribution in [0.5, 0.6) is 11.5 Å². The van der Waals surface area contributed by atoms with Crippen LogP contribution in [0, 0.1) is 0 Å². The number of anilines is 1. The molecule has 0 radical (unpaired) electrons. The van der Waals surface area contributed by atoms with Crippen molar-refractivity contribution in [3.63, 3.8) is 0 Å². The molecule has 128 valence electrons. The van der Waals surface area contributed by atoms with Gasteiger partial charge in [-0.1, -0.05) is 6.07 Å². The van der Waals surface area contributed by atoms with E-state index in [0.717, 1.165) is 61.2 Å². The molecule has 0 unspecified atom stereocenters. The Morgan fingerprint density at radius 3 is 2.88 bits per heavy atom. The molecule has 1 N–H and O–H groups in total. The highest BCUT2D eigenvalue weighted by Crippen LogP contribution is 2.26. The van der Waals surface area contributed by atoms with Gasteiger partial charge in [0.25, 0.3) is 0 Å². The van der Waals surface area contributed by atoms with Crippen LogP contribution in [0.25, 0.3) is 0 Å². The molecule has 1 atom stereocenters. The van der Waals surface area contributed by atoms with Crippen LogP contribution in [-0.2, 0) is 11.2 Å². The van der Waals surface area contributed by atoms with Gasteiger partial charge in [0, 0.05) is 31.2 Å². The molecule has 1 aromatic carbocycles. The normalized spacial score (nSPS) is 16.8. The number of methoxy groups -OCH3 is 2. The lowest BCUT2D eigenvalue weighted by Gasteiger charge is -2.12. The summed E-state index contributed by atoms with van der Waals surface area (Å²) in [5.41, 5.74) is 2.18. The van der Waals surface area contributed by atoms with Crippen molar-refractivity contribution in [3.05, 3.63) is 41.9 Å². The first-order valence-corrected chi connectivity index (χ1v) is 8.14. The molecule has 1 aliphatic heterocycles. The van der Waals surface area contributed by atoms with Gasteiger partial charge in [0.1, 0.15) is 23.6 Å². The van der Waals surface area contributed by atoms with Crippen LogP contribution < -0.4 is 14.8 Å². The van der Waals surface area contributed by atoms with Gasteiger partial charge in [-0.25, -0.2) is 9.97 Å². The molecule has 0 saturated carbocycles. The maximum absolute atomic E-state index is 5.43. The molecule has 3 rings (SSSR count). The lowest BCUT2D eigenvalue weighted by Crippen LogP contribution is -2.09. The van der Waals surface area contributed by atoms with Crippen molar-refractivity contribution in [1.29, 1.82) is 0 Å². The van der Waals surface area contributed by atoms with Gasteiger partial charge < -0.3 is 19.5 Å². The van der Waals surface area contributed by atoms with Crippen molar-refractivity contribution in [1.82, 2.24) is 9.97 Å². The summed E-state index contributed by atoms with van der Waals surface area (Å²) < 4.78 is 16.1. The van der Waals surface area contributed by atoms with Gasteiger partial charge >= 0.3 is 0 Å². The lowest BCUT2D eigenvalue weighted by molar-refractivity contribution is 0.193. The number of aromatic nitrogens is 2. The van der Waals surface area contributed by atoms with Crippen molar-refractivity contribution in [2.24, 2.45) is 0 Å². The molecule has 6 nitrogen and oxygen atoms in total. The van der Waals surface area contributed by atoms with Gasteiger partial charge in [0.15, 0.2) is 0 Å². The number of hydrogen-bond acceptors (Lipinski definition) is 6. The number of nitrogens with zero attached hydrogens (tertiary/aromatic N) is 2. The molecule has 1 aliphatic rings. The van der Waals surface area contributed by atoms with Gasteiger partial charge in [-0.3, -0.25) is 0 Å². The average molecular weight is 329 g/mol. The number of benzene rings is 1. The predicted octanol–water partition coefficient (Wildman–Crippen LogP) is 2.65. The summed E-state index contributed by atoms with van der Waals surface area (Å²) in [7, 11) is 3.32. The Balaban J connectivity index is 1.59. The van der Waals surface area contributed by atoms with Crippen LogP contribution in [-0.4, -0.2) is 43.9 Å². The molecular formula is C18H23N3O3. The Morgan fingerprint density at radius 1 is 1.21 bits per heavy atom. The van der Waals surface area contributed by atoms with Gasteiger partial charge in [0.05, 0.1) is 26.5 Å². The van der Waals surface area contributed by atoms with Gasteiger partial charge in [-0.2, -0.15) is 0 Å². The third-order valence-corrected chi connectivity index (χ3v) is 4.23. The second-order valence-corrected chi connectivity index (χ2v) is 5.74. The van der Waals surface area contributed by atoms with Crippen LogP contribution in [0.1, 0.15) is 23.6 Å². The van der Waals surface area contributed by atoms with Crippen LogP contribution in [0.4, 0.5) is 5.82 Å². The summed E-state index contributed by atoms with van der Waals surface area (Å²) >= 11 is 0. The second-order valence-electron chi connectivity index (χ2n) is 5.74. The summed E-state index contributed by atoms with van der Waals surface area (Å²) in [5, 5.41) is 3.36. The zero-order chi connectivity index (χ0) is 16.8. The number of nitrogens with one attached hydrogen (secondary N) is 1. The molecule has 1 aromatic heterocycles. The SMILES string of the molecule is COc1ccc(CCNc2cc([C@H]3CCOC3)ncn2)c(OC)c1. The Bertz CT molecular complexity index is 672. The maximum atomic E-state index is 5.43. The van der Waals surface area contributed by atoms with Crippen LogP contribution in [0.15, 0.2) is 30.6 Å². The van der Waals surface area contributed by atoms with Gasteiger partial charge in [-0.15, -0.1) is 0 Å². The zero-order valence-corrected chi connectivity index (χ0v) is 14.1. The van der Waals surface area contributed by atoms with E-state index in [1.54, 1.807) is 20.5 Å². The Morgan fingerprint density at radius 2 is 2.12 bits per heavy atom. The summed E-state index contributed by atoms with van der Waals surface area (Å²) in [6.07, 6.45) is 3.47. The Hall–Kier alpha value is -2.34.